The van der Waals surface area contributed by atoms with Crippen molar-refractivity contribution >= 4 is 37.7 Å². The maximum absolute atomic E-state index is 11.3. The highest BCUT2D eigenvalue weighted by Gasteiger charge is 2.19. The number of aliphatic hydroxyl groups excluding tert-OH is 1. The van der Waals surface area contributed by atoms with E-state index >= 15 is 0 Å². The van der Waals surface area contributed by atoms with Gasteiger partial charge in [0.2, 0.25) is 0 Å². The quantitative estimate of drug-likeness (QED) is 0.257. The molecule has 0 aliphatic rings. The summed E-state index contributed by atoms with van der Waals surface area (Å²) in [6, 6.07) is 41.4. The van der Waals surface area contributed by atoms with E-state index < -0.39 is 6.10 Å². The van der Waals surface area contributed by atoms with E-state index in [0.29, 0.717) is 0 Å². The van der Waals surface area contributed by atoms with Gasteiger partial charge in [0.05, 0.1) is 16.7 Å². The standard InChI is InChI=1S/C31H22BrNO/c32-22-18-19-30-27(20-22)25-14-7-9-17-29(25)33(30)28-16-8-6-13-24(28)23-12-4-5-15-26(23)31(34)21-10-2-1-3-11-21/h1-20,31,34H. The van der Waals surface area contributed by atoms with E-state index in [4.69, 9.17) is 0 Å². The van der Waals surface area contributed by atoms with Crippen molar-refractivity contribution in [1.29, 1.82) is 0 Å². The normalized spacial score (nSPS) is 12.3. The molecule has 3 heteroatoms. The number of aliphatic hydroxyl groups is 1. The van der Waals surface area contributed by atoms with Crippen LogP contribution in [0.15, 0.2) is 126 Å². The maximum atomic E-state index is 11.3. The van der Waals surface area contributed by atoms with E-state index in [1.54, 1.807) is 0 Å². The molecule has 6 rings (SSSR count). The van der Waals surface area contributed by atoms with Crippen LogP contribution in [0.3, 0.4) is 0 Å². The van der Waals surface area contributed by atoms with Crippen molar-refractivity contribution in [2.45, 2.75) is 6.10 Å². The molecule has 0 amide bonds. The van der Waals surface area contributed by atoms with Crippen LogP contribution in [0.1, 0.15) is 17.2 Å². The van der Waals surface area contributed by atoms with Crippen LogP contribution < -0.4 is 0 Å². The minimum absolute atomic E-state index is 0.709. The summed E-state index contributed by atoms with van der Waals surface area (Å²) in [7, 11) is 0. The second-order valence-corrected chi connectivity index (χ2v) is 9.35. The molecule has 34 heavy (non-hydrogen) atoms. The van der Waals surface area contributed by atoms with Crippen molar-refractivity contribution in [1.82, 2.24) is 4.57 Å². The van der Waals surface area contributed by atoms with Gasteiger partial charge in [0, 0.05) is 20.8 Å². The highest BCUT2D eigenvalue weighted by molar-refractivity contribution is 9.10. The zero-order valence-electron chi connectivity index (χ0n) is 18.4. The van der Waals surface area contributed by atoms with Crippen molar-refractivity contribution < 1.29 is 5.11 Å². The third kappa shape index (κ3) is 3.45. The minimum atomic E-state index is -0.709. The van der Waals surface area contributed by atoms with Crippen LogP contribution in [0, 0.1) is 0 Å². The Hall–Kier alpha value is -3.66. The number of hydrogen-bond donors (Lipinski definition) is 1. The molecule has 1 unspecified atom stereocenters. The Morgan fingerprint density at radius 3 is 2.09 bits per heavy atom. The molecule has 1 heterocycles. The second kappa shape index (κ2) is 8.60. The number of benzene rings is 5. The van der Waals surface area contributed by atoms with Gasteiger partial charge < -0.3 is 9.67 Å². The lowest BCUT2D eigenvalue weighted by atomic mass is 9.92. The lowest BCUT2D eigenvalue weighted by Crippen LogP contribution is -2.03. The van der Waals surface area contributed by atoms with Crippen molar-refractivity contribution in [3.05, 3.63) is 137 Å². The molecule has 0 saturated carbocycles. The summed E-state index contributed by atoms with van der Waals surface area (Å²) >= 11 is 3.65. The predicted octanol–water partition coefficient (Wildman–Crippen LogP) is 8.29. The largest absolute Gasteiger partial charge is 0.384 e. The van der Waals surface area contributed by atoms with Crippen LogP contribution in [0.4, 0.5) is 0 Å². The van der Waals surface area contributed by atoms with Crippen LogP contribution in [-0.4, -0.2) is 9.67 Å². The Bertz CT molecular complexity index is 1630. The van der Waals surface area contributed by atoms with Crippen LogP contribution >= 0.6 is 15.9 Å². The first-order chi connectivity index (χ1) is 16.7. The summed E-state index contributed by atoms with van der Waals surface area (Å²) in [6.45, 7) is 0. The maximum Gasteiger partial charge on any atom is 0.105 e. The molecule has 0 spiro atoms. The van der Waals surface area contributed by atoms with E-state index in [-0.39, 0.29) is 0 Å². The van der Waals surface area contributed by atoms with Gasteiger partial charge in [-0.2, -0.15) is 0 Å². The van der Waals surface area contributed by atoms with Crippen LogP contribution in [0.25, 0.3) is 38.6 Å². The summed E-state index contributed by atoms with van der Waals surface area (Å²) < 4.78 is 3.39. The zero-order chi connectivity index (χ0) is 23.1. The van der Waals surface area contributed by atoms with Gasteiger partial charge in [-0.25, -0.2) is 0 Å². The number of hydrogen-bond acceptors (Lipinski definition) is 1. The Balaban J connectivity index is 1.63. The third-order valence-corrected chi connectivity index (χ3v) is 6.93. The highest BCUT2D eigenvalue weighted by atomic mass is 79.9. The van der Waals surface area contributed by atoms with Gasteiger partial charge in [0.15, 0.2) is 0 Å². The van der Waals surface area contributed by atoms with Gasteiger partial charge in [-0.3, -0.25) is 0 Å². The molecule has 164 valence electrons. The van der Waals surface area contributed by atoms with Gasteiger partial charge in [0.25, 0.3) is 0 Å². The second-order valence-electron chi connectivity index (χ2n) is 8.43. The van der Waals surface area contributed by atoms with E-state index in [1.807, 2.05) is 48.5 Å². The van der Waals surface area contributed by atoms with Crippen LogP contribution in [0.2, 0.25) is 0 Å². The summed E-state index contributed by atoms with van der Waals surface area (Å²) in [5.74, 6) is 0. The number of para-hydroxylation sites is 2. The lowest BCUT2D eigenvalue weighted by Gasteiger charge is -2.19. The first-order valence-corrected chi connectivity index (χ1v) is 12.1. The smallest absolute Gasteiger partial charge is 0.105 e. The lowest BCUT2D eigenvalue weighted by molar-refractivity contribution is 0.221. The summed E-state index contributed by atoms with van der Waals surface area (Å²) in [5.41, 5.74) is 7.28. The monoisotopic (exact) mass is 503 g/mol. The molecular weight excluding hydrogens is 482 g/mol. The number of aromatic nitrogens is 1. The van der Waals surface area contributed by atoms with Crippen molar-refractivity contribution in [3.8, 4) is 16.8 Å². The molecule has 1 N–H and O–H groups in total. The highest BCUT2D eigenvalue weighted by Crippen LogP contribution is 2.39. The van der Waals surface area contributed by atoms with Crippen molar-refractivity contribution in [2.75, 3.05) is 0 Å². The fourth-order valence-electron chi connectivity index (χ4n) is 4.90. The molecule has 0 radical (unpaired) electrons. The van der Waals surface area contributed by atoms with Gasteiger partial charge in [-0.15, -0.1) is 0 Å². The number of fused-ring (bicyclic) bond motifs is 3. The van der Waals surface area contributed by atoms with E-state index in [1.165, 1.54) is 10.8 Å². The first kappa shape index (κ1) is 20.9. The molecule has 0 saturated heterocycles. The summed E-state index contributed by atoms with van der Waals surface area (Å²) in [6.07, 6.45) is -0.709. The molecule has 0 bridgehead atoms. The summed E-state index contributed by atoms with van der Waals surface area (Å²) in [4.78, 5) is 0. The molecule has 0 aliphatic carbocycles. The van der Waals surface area contributed by atoms with Crippen LogP contribution in [-0.2, 0) is 0 Å². The molecule has 2 nitrogen and oxygen atoms in total. The predicted molar refractivity (Wildman–Crippen MR) is 144 cm³/mol. The number of rotatable bonds is 4. The third-order valence-electron chi connectivity index (χ3n) is 6.44. The fourth-order valence-corrected chi connectivity index (χ4v) is 5.26. The molecular formula is C31H22BrNO. The van der Waals surface area contributed by atoms with E-state index in [2.05, 4.69) is 93.3 Å². The Morgan fingerprint density at radius 1 is 0.588 bits per heavy atom. The van der Waals surface area contributed by atoms with Gasteiger partial charge in [-0.1, -0.05) is 107 Å². The molecule has 1 atom stereocenters. The van der Waals surface area contributed by atoms with Crippen molar-refractivity contribution in [3.63, 3.8) is 0 Å². The fraction of sp³-hybridized carbons (Fsp3) is 0.0323. The molecule has 5 aromatic carbocycles. The van der Waals surface area contributed by atoms with Gasteiger partial charge in [0.1, 0.15) is 6.10 Å². The van der Waals surface area contributed by atoms with E-state index in [9.17, 15) is 5.11 Å². The van der Waals surface area contributed by atoms with Crippen molar-refractivity contribution in [2.24, 2.45) is 0 Å². The average molecular weight is 504 g/mol. The average Bonchev–Trinajstić information content (AvgIpc) is 3.22. The number of nitrogens with zero attached hydrogens (tertiary/aromatic N) is 1. The number of halogens is 1. The van der Waals surface area contributed by atoms with Gasteiger partial charge in [-0.05, 0) is 47.0 Å². The molecule has 6 aromatic rings. The SMILES string of the molecule is OC(c1ccccc1)c1ccccc1-c1ccccc1-n1c2ccccc2c2cc(Br)ccc21. The summed E-state index contributed by atoms with van der Waals surface area (Å²) in [5, 5.41) is 13.7. The Morgan fingerprint density at radius 2 is 1.24 bits per heavy atom. The zero-order valence-corrected chi connectivity index (χ0v) is 20.0. The molecule has 1 aromatic heterocycles. The molecule has 0 fully saturated rings. The van der Waals surface area contributed by atoms with Crippen LogP contribution in [0.5, 0.6) is 0 Å². The minimum Gasteiger partial charge on any atom is -0.384 e. The Kier molecular flexibility index (Phi) is 5.29. The molecule has 0 aliphatic heterocycles. The first-order valence-electron chi connectivity index (χ1n) is 11.3. The van der Waals surface area contributed by atoms with Gasteiger partial charge >= 0.3 is 0 Å². The topological polar surface area (TPSA) is 25.2 Å². The Labute approximate surface area is 206 Å². The van der Waals surface area contributed by atoms with E-state index in [0.717, 1.165) is 43.4 Å².